The first kappa shape index (κ1) is 25.3. The molecule has 0 aromatic heterocycles. The molecule has 1 saturated carbocycles. The van der Waals surface area contributed by atoms with Crippen LogP contribution in [0.3, 0.4) is 0 Å². The van der Waals surface area contributed by atoms with Crippen LogP contribution in [-0.4, -0.2) is 85.9 Å². The van der Waals surface area contributed by atoms with Crippen molar-refractivity contribution >= 4 is 53.5 Å². The molecule has 28 heavy (non-hydrogen) atoms. The van der Waals surface area contributed by atoms with Crippen LogP contribution in [0.15, 0.2) is 4.99 Å². The lowest BCUT2D eigenvalue weighted by Crippen LogP contribution is -2.46. The van der Waals surface area contributed by atoms with Gasteiger partial charge in [0.05, 0.1) is 0 Å². The first-order valence-corrected chi connectivity index (χ1v) is 11.4. The summed E-state index contributed by atoms with van der Waals surface area (Å²) in [6, 6.07) is 0.188. The molecular weight excluding hydrogens is 489 g/mol. The van der Waals surface area contributed by atoms with Gasteiger partial charge in [0.2, 0.25) is 11.8 Å². The largest absolute Gasteiger partial charge is 0.356 e. The molecule has 162 valence electrons. The van der Waals surface area contributed by atoms with Crippen molar-refractivity contribution < 1.29 is 9.59 Å². The van der Waals surface area contributed by atoms with E-state index < -0.39 is 0 Å². The van der Waals surface area contributed by atoms with Gasteiger partial charge in [-0.05, 0) is 25.5 Å². The summed E-state index contributed by atoms with van der Waals surface area (Å²) in [7, 11) is 3.47. The molecule has 0 bridgehead atoms. The molecule has 1 aliphatic heterocycles. The van der Waals surface area contributed by atoms with Crippen molar-refractivity contribution in [1.82, 2.24) is 20.4 Å². The fraction of sp³-hybridized carbons (Fsp3) is 0.842. The lowest BCUT2D eigenvalue weighted by molar-refractivity contribution is -0.135. The number of hydrogen-bond donors (Lipinski definition) is 2. The SMILES string of the molecule is CSCCNC(=NCC(=O)N(C)C)NC1CCN(C(=O)C2CCCCC2)C1.I. The molecule has 2 fully saturated rings. The molecule has 1 saturated heterocycles. The number of carbonyl (C=O) groups excluding carboxylic acids is 2. The van der Waals surface area contributed by atoms with E-state index in [1.165, 1.54) is 19.3 Å². The molecule has 0 spiro atoms. The number of aliphatic imine (C=N–C) groups is 1. The topological polar surface area (TPSA) is 77.0 Å². The van der Waals surface area contributed by atoms with Crippen molar-refractivity contribution in [2.45, 2.75) is 44.6 Å². The summed E-state index contributed by atoms with van der Waals surface area (Å²) in [6.07, 6.45) is 8.70. The molecule has 1 aliphatic carbocycles. The molecule has 2 amide bonds. The van der Waals surface area contributed by atoms with Crippen LogP contribution in [0.5, 0.6) is 0 Å². The zero-order chi connectivity index (χ0) is 19.6. The fourth-order valence-corrected chi connectivity index (χ4v) is 3.90. The Morgan fingerprint density at radius 2 is 1.89 bits per heavy atom. The number of hydrogen-bond acceptors (Lipinski definition) is 4. The zero-order valence-corrected chi connectivity index (χ0v) is 20.6. The van der Waals surface area contributed by atoms with E-state index in [1.54, 1.807) is 30.8 Å². The lowest BCUT2D eigenvalue weighted by atomic mass is 9.88. The average Bonchev–Trinajstić information content (AvgIpc) is 3.14. The Balaban J connectivity index is 0.00000392. The Kier molecular flexibility index (Phi) is 12.2. The van der Waals surface area contributed by atoms with Gasteiger partial charge in [0, 0.05) is 51.4 Å². The van der Waals surface area contributed by atoms with Crippen LogP contribution < -0.4 is 10.6 Å². The standard InChI is InChI=1S/C19H35N5O2S.HI/c1-23(2)17(25)13-21-19(20-10-12-27-3)22-16-9-11-24(14-16)18(26)15-7-5-4-6-8-15;/h15-16H,4-14H2,1-3H3,(H2,20,21,22);1H. The molecule has 2 N–H and O–H groups in total. The number of guanidine groups is 1. The maximum Gasteiger partial charge on any atom is 0.243 e. The minimum absolute atomic E-state index is 0. The van der Waals surface area contributed by atoms with Crippen molar-refractivity contribution in [2.75, 3.05) is 52.3 Å². The van der Waals surface area contributed by atoms with Crippen LogP contribution in [-0.2, 0) is 9.59 Å². The van der Waals surface area contributed by atoms with Gasteiger partial charge in [0.1, 0.15) is 6.54 Å². The van der Waals surface area contributed by atoms with Gasteiger partial charge >= 0.3 is 0 Å². The summed E-state index contributed by atoms with van der Waals surface area (Å²) >= 11 is 1.76. The zero-order valence-electron chi connectivity index (χ0n) is 17.4. The van der Waals surface area contributed by atoms with Crippen LogP contribution in [0.4, 0.5) is 0 Å². The molecule has 9 heteroatoms. The van der Waals surface area contributed by atoms with Crippen LogP contribution in [0.25, 0.3) is 0 Å². The van der Waals surface area contributed by atoms with Gasteiger partial charge in [-0.3, -0.25) is 9.59 Å². The molecule has 2 rings (SSSR count). The Bertz CT molecular complexity index is 526. The number of likely N-dealkylation sites (tertiary alicyclic amines) is 1. The highest BCUT2D eigenvalue weighted by atomic mass is 127. The number of likely N-dealkylation sites (N-methyl/N-ethyl adjacent to an activating group) is 1. The van der Waals surface area contributed by atoms with Gasteiger partial charge in [-0.2, -0.15) is 11.8 Å². The monoisotopic (exact) mass is 525 g/mol. The van der Waals surface area contributed by atoms with Crippen molar-refractivity contribution in [3.8, 4) is 0 Å². The normalized spacial score (nSPS) is 20.5. The summed E-state index contributed by atoms with van der Waals surface area (Å²) in [5.41, 5.74) is 0. The molecule has 1 atom stereocenters. The summed E-state index contributed by atoms with van der Waals surface area (Å²) < 4.78 is 0. The average molecular weight is 526 g/mol. The van der Waals surface area contributed by atoms with E-state index in [1.807, 2.05) is 4.90 Å². The molecular formula is C19H36IN5O2S. The number of halogens is 1. The van der Waals surface area contributed by atoms with Crippen molar-refractivity contribution in [1.29, 1.82) is 0 Å². The highest BCUT2D eigenvalue weighted by Crippen LogP contribution is 2.26. The van der Waals surface area contributed by atoms with Crippen LogP contribution >= 0.6 is 35.7 Å². The van der Waals surface area contributed by atoms with Crippen molar-refractivity contribution in [3.05, 3.63) is 0 Å². The lowest BCUT2D eigenvalue weighted by Gasteiger charge is -2.26. The van der Waals surface area contributed by atoms with E-state index in [9.17, 15) is 9.59 Å². The van der Waals surface area contributed by atoms with Gasteiger partial charge in [-0.15, -0.1) is 24.0 Å². The van der Waals surface area contributed by atoms with Crippen LogP contribution in [0.1, 0.15) is 38.5 Å². The van der Waals surface area contributed by atoms with Crippen molar-refractivity contribution in [2.24, 2.45) is 10.9 Å². The Labute approximate surface area is 190 Å². The van der Waals surface area contributed by atoms with Crippen LogP contribution in [0.2, 0.25) is 0 Å². The van der Waals surface area contributed by atoms with Gasteiger partial charge in [-0.25, -0.2) is 4.99 Å². The second kappa shape index (κ2) is 13.5. The number of amides is 2. The third-order valence-corrected chi connectivity index (χ3v) is 5.88. The van der Waals surface area contributed by atoms with E-state index in [0.717, 1.165) is 44.6 Å². The second-order valence-electron chi connectivity index (χ2n) is 7.62. The second-order valence-corrected chi connectivity index (χ2v) is 8.61. The molecule has 2 aliphatic rings. The van der Waals surface area contributed by atoms with E-state index in [0.29, 0.717) is 11.9 Å². The quantitative estimate of drug-likeness (QED) is 0.229. The number of nitrogens with zero attached hydrogens (tertiary/aromatic N) is 3. The number of nitrogens with one attached hydrogen (secondary N) is 2. The Morgan fingerprint density at radius 1 is 1.18 bits per heavy atom. The summed E-state index contributed by atoms with van der Waals surface area (Å²) in [5, 5.41) is 6.72. The van der Waals surface area contributed by atoms with E-state index in [2.05, 4.69) is 21.9 Å². The predicted molar refractivity (Wildman–Crippen MR) is 127 cm³/mol. The maximum atomic E-state index is 12.7. The Hall–Kier alpha value is -0.710. The predicted octanol–water partition coefficient (Wildman–Crippen LogP) is 1.77. The van der Waals surface area contributed by atoms with Gasteiger partial charge < -0.3 is 20.4 Å². The Morgan fingerprint density at radius 3 is 2.54 bits per heavy atom. The molecule has 1 heterocycles. The molecule has 7 nitrogen and oxygen atoms in total. The minimum atomic E-state index is -0.0264. The molecule has 0 aromatic carbocycles. The van der Waals surface area contributed by atoms with Crippen LogP contribution in [0, 0.1) is 5.92 Å². The number of carbonyl (C=O) groups is 2. The minimum Gasteiger partial charge on any atom is -0.356 e. The summed E-state index contributed by atoms with van der Waals surface area (Å²) in [5.74, 6) is 2.16. The van der Waals surface area contributed by atoms with E-state index in [4.69, 9.17) is 0 Å². The first-order valence-electron chi connectivity index (χ1n) is 10.0. The molecule has 1 unspecified atom stereocenters. The van der Waals surface area contributed by atoms with E-state index >= 15 is 0 Å². The molecule has 0 aromatic rings. The van der Waals surface area contributed by atoms with Crippen molar-refractivity contribution in [3.63, 3.8) is 0 Å². The fourth-order valence-electron chi connectivity index (χ4n) is 3.59. The number of rotatable bonds is 7. The molecule has 0 radical (unpaired) electrons. The smallest absolute Gasteiger partial charge is 0.243 e. The summed E-state index contributed by atoms with van der Waals surface area (Å²) in [6.45, 7) is 2.45. The first-order chi connectivity index (χ1) is 13.0. The third kappa shape index (κ3) is 8.34. The van der Waals surface area contributed by atoms with Gasteiger partial charge in [-0.1, -0.05) is 19.3 Å². The van der Waals surface area contributed by atoms with Gasteiger partial charge in [0.15, 0.2) is 5.96 Å². The summed E-state index contributed by atoms with van der Waals surface area (Å²) in [4.78, 5) is 32.6. The highest BCUT2D eigenvalue weighted by Gasteiger charge is 2.31. The third-order valence-electron chi connectivity index (χ3n) is 5.27. The maximum absolute atomic E-state index is 12.7. The van der Waals surface area contributed by atoms with E-state index in [-0.39, 0.29) is 48.4 Å². The number of thioether (sulfide) groups is 1. The highest BCUT2D eigenvalue weighted by molar-refractivity contribution is 14.0. The van der Waals surface area contributed by atoms with Gasteiger partial charge in [0.25, 0.3) is 0 Å².